The lowest BCUT2D eigenvalue weighted by molar-refractivity contribution is -0.141. The van der Waals surface area contributed by atoms with E-state index in [1.165, 1.54) is 12.7 Å². The third kappa shape index (κ3) is 3.48. The Morgan fingerprint density at radius 2 is 2.37 bits per heavy atom. The maximum atomic E-state index is 11.5. The first-order valence-electron chi connectivity index (χ1n) is 6.42. The molecule has 2 rings (SSSR count). The van der Waals surface area contributed by atoms with Crippen LogP contribution in [0.1, 0.15) is 12.0 Å². The van der Waals surface area contributed by atoms with E-state index in [4.69, 9.17) is 4.74 Å². The minimum absolute atomic E-state index is 0.139. The molecule has 1 saturated heterocycles. The van der Waals surface area contributed by atoms with E-state index in [1.54, 1.807) is 0 Å². The van der Waals surface area contributed by atoms with Crippen LogP contribution in [0, 0.1) is 6.92 Å². The largest absolute Gasteiger partial charge is 0.469 e. The summed E-state index contributed by atoms with van der Waals surface area (Å²) < 4.78 is 5.85. The van der Waals surface area contributed by atoms with Crippen molar-refractivity contribution in [3.05, 3.63) is 28.2 Å². The first kappa shape index (κ1) is 14.3. The van der Waals surface area contributed by atoms with Crippen LogP contribution in [0.25, 0.3) is 0 Å². The number of rotatable bonds is 3. The van der Waals surface area contributed by atoms with Crippen LogP contribution in [0.2, 0.25) is 0 Å². The van der Waals surface area contributed by atoms with Crippen LogP contribution in [0.5, 0.6) is 0 Å². The summed E-state index contributed by atoms with van der Waals surface area (Å²) >= 11 is 3.62. The van der Waals surface area contributed by atoms with Gasteiger partial charge in [0.1, 0.15) is 0 Å². The van der Waals surface area contributed by atoms with Gasteiger partial charge in [-0.2, -0.15) is 0 Å². The van der Waals surface area contributed by atoms with Crippen molar-refractivity contribution < 1.29 is 9.53 Å². The lowest BCUT2D eigenvalue weighted by Gasteiger charge is -2.38. The van der Waals surface area contributed by atoms with Gasteiger partial charge in [-0.15, -0.1) is 0 Å². The highest BCUT2D eigenvalue weighted by atomic mass is 79.9. The molecule has 0 spiro atoms. The number of nitrogens with zero attached hydrogens (tertiary/aromatic N) is 1. The van der Waals surface area contributed by atoms with E-state index in [9.17, 15) is 4.79 Å². The third-order valence-electron chi connectivity index (χ3n) is 3.39. The summed E-state index contributed by atoms with van der Waals surface area (Å²) in [6, 6.07) is 6.44. The van der Waals surface area contributed by atoms with Crippen molar-refractivity contribution in [2.24, 2.45) is 0 Å². The summed E-state index contributed by atoms with van der Waals surface area (Å²) in [5, 5.41) is 3.33. The van der Waals surface area contributed by atoms with Gasteiger partial charge in [0, 0.05) is 24.1 Å². The molecule has 1 fully saturated rings. The van der Waals surface area contributed by atoms with E-state index in [0.29, 0.717) is 6.42 Å². The van der Waals surface area contributed by atoms with Crippen LogP contribution in [0.4, 0.5) is 5.69 Å². The van der Waals surface area contributed by atoms with Crippen molar-refractivity contribution in [1.82, 2.24) is 5.32 Å². The molecule has 1 heterocycles. The topological polar surface area (TPSA) is 41.6 Å². The Morgan fingerprint density at radius 3 is 3.05 bits per heavy atom. The first-order valence-corrected chi connectivity index (χ1v) is 7.21. The predicted octanol–water partition coefficient (Wildman–Crippen LogP) is 2.10. The molecule has 1 aliphatic rings. The second-order valence-corrected chi connectivity index (χ2v) is 5.64. The number of nitrogens with one attached hydrogen (secondary N) is 1. The van der Waals surface area contributed by atoms with Crippen LogP contribution >= 0.6 is 15.9 Å². The van der Waals surface area contributed by atoms with Crippen LogP contribution in [-0.2, 0) is 9.53 Å². The molecule has 1 aromatic carbocycles. The molecule has 0 aromatic heterocycles. The highest BCUT2D eigenvalue weighted by Gasteiger charge is 2.26. The lowest BCUT2D eigenvalue weighted by Crippen LogP contribution is -2.52. The Morgan fingerprint density at radius 1 is 1.58 bits per heavy atom. The maximum Gasteiger partial charge on any atom is 0.307 e. The van der Waals surface area contributed by atoms with E-state index >= 15 is 0 Å². The van der Waals surface area contributed by atoms with Gasteiger partial charge in [-0.05, 0) is 40.5 Å². The molecule has 104 valence electrons. The fraction of sp³-hybridized carbons (Fsp3) is 0.500. The standard InChI is InChI=1S/C14H19BrN2O2/c1-10-3-4-13(12(15)7-10)17-6-5-16-9-11(17)8-14(18)19-2/h3-4,7,11,16H,5-6,8-9H2,1-2H3. The quantitative estimate of drug-likeness (QED) is 0.864. The number of halogens is 1. The summed E-state index contributed by atoms with van der Waals surface area (Å²) in [6.07, 6.45) is 0.407. The zero-order valence-electron chi connectivity index (χ0n) is 11.3. The summed E-state index contributed by atoms with van der Waals surface area (Å²) in [5.74, 6) is -0.165. The van der Waals surface area contributed by atoms with E-state index < -0.39 is 0 Å². The number of methoxy groups -OCH3 is 1. The Bertz CT molecular complexity index is 465. The van der Waals surface area contributed by atoms with E-state index in [2.05, 4.69) is 51.3 Å². The monoisotopic (exact) mass is 326 g/mol. The molecule has 4 nitrogen and oxygen atoms in total. The molecule has 1 aliphatic heterocycles. The SMILES string of the molecule is COC(=O)CC1CNCCN1c1ccc(C)cc1Br. The number of anilines is 1. The molecule has 5 heteroatoms. The van der Waals surface area contributed by atoms with Crippen molar-refractivity contribution in [2.75, 3.05) is 31.6 Å². The molecule has 1 atom stereocenters. The van der Waals surface area contributed by atoms with Crippen LogP contribution < -0.4 is 10.2 Å². The van der Waals surface area contributed by atoms with Crippen LogP contribution in [0.15, 0.2) is 22.7 Å². The smallest absolute Gasteiger partial charge is 0.307 e. The second kappa shape index (κ2) is 6.39. The Labute approximate surface area is 122 Å². The van der Waals surface area contributed by atoms with E-state index in [1.807, 2.05) is 0 Å². The van der Waals surface area contributed by atoms with E-state index in [-0.39, 0.29) is 12.0 Å². The van der Waals surface area contributed by atoms with E-state index in [0.717, 1.165) is 29.8 Å². The van der Waals surface area contributed by atoms with Gasteiger partial charge in [-0.1, -0.05) is 6.07 Å². The number of ether oxygens (including phenoxy) is 1. The zero-order chi connectivity index (χ0) is 13.8. The summed E-state index contributed by atoms with van der Waals surface area (Å²) in [7, 11) is 1.44. The van der Waals surface area contributed by atoms with Gasteiger partial charge in [0.15, 0.2) is 0 Å². The highest BCUT2D eigenvalue weighted by Crippen LogP contribution is 2.30. The molecule has 1 aromatic rings. The van der Waals surface area contributed by atoms with Crippen molar-refractivity contribution >= 4 is 27.6 Å². The highest BCUT2D eigenvalue weighted by molar-refractivity contribution is 9.10. The zero-order valence-corrected chi connectivity index (χ0v) is 12.9. The molecule has 0 saturated carbocycles. The van der Waals surface area contributed by atoms with Gasteiger partial charge in [0.25, 0.3) is 0 Å². The average molecular weight is 327 g/mol. The lowest BCUT2D eigenvalue weighted by atomic mass is 10.1. The second-order valence-electron chi connectivity index (χ2n) is 4.79. The number of benzene rings is 1. The van der Waals surface area contributed by atoms with Crippen LogP contribution in [0.3, 0.4) is 0 Å². The molecular weight excluding hydrogens is 308 g/mol. The average Bonchev–Trinajstić information content (AvgIpc) is 2.40. The third-order valence-corrected chi connectivity index (χ3v) is 4.03. The number of hydrogen-bond acceptors (Lipinski definition) is 4. The van der Waals surface area contributed by atoms with Crippen LogP contribution in [-0.4, -0.2) is 38.8 Å². The number of carbonyl (C=O) groups excluding carboxylic acids is 1. The molecule has 0 amide bonds. The minimum atomic E-state index is -0.165. The first-order chi connectivity index (χ1) is 9.11. The van der Waals surface area contributed by atoms with Gasteiger partial charge in [-0.3, -0.25) is 4.79 Å². The van der Waals surface area contributed by atoms with Gasteiger partial charge in [-0.25, -0.2) is 0 Å². The molecular formula is C14H19BrN2O2. The Hall–Kier alpha value is -1.07. The molecule has 19 heavy (non-hydrogen) atoms. The van der Waals surface area contributed by atoms with Gasteiger partial charge >= 0.3 is 5.97 Å². The number of esters is 1. The number of hydrogen-bond donors (Lipinski definition) is 1. The normalized spacial score (nSPS) is 19.3. The molecule has 1 unspecified atom stereocenters. The van der Waals surface area contributed by atoms with Gasteiger partial charge in [0.2, 0.25) is 0 Å². The number of piperazine rings is 1. The Balaban J connectivity index is 2.21. The number of aryl methyl sites for hydroxylation is 1. The van der Waals surface area contributed by atoms with Gasteiger partial charge < -0.3 is 15.0 Å². The minimum Gasteiger partial charge on any atom is -0.469 e. The molecule has 0 aliphatic carbocycles. The fourth-order valence-corrected chi connectivity index (χ4v) is 3.10. The van der Waals surface area contributed by atoms with Crippen molar-refractivity contribution in [2.45, 2.75) is 19.4 Å². The fourth-order valence-electron chi connectivity index (χ4n) is 2.38. The summed E-state index contributed by atoms with van der Waals surface area (Å²) in [4.78, 5) is 13.8. The summed E-state index contributed by atoms with van der Waals surface area (Å²) in [5.41, 5.74) is 2.36. The van der Waals surface area contributed by atoms with Crippen molar-refractivity contribution in [1.29, 1.82) is 0 Å². The molecule has 0 radical (unpaired) electrons. The van der Waals surface area contributed by atoms with Crippen molar-refractivity contribution in [3.63, 3.8) is 0 Å². The predicted molar refractivity (Wildman–Crippen MR) is 79.5 cm³/mol. The molecule has 1 N–H and O–H groups in total. The number of carbonyl (C=O) groups is 1. The summed E-state index contributed by atoms with van der Waals surface area (Å²) in [6.45, 7) is 4.69. The van der Waals surface area contributed by atoms with Gasteiger partial charge in [0.05, 0.1) is 25.3 Å². The maximum absolute atomic E-state index is 11.5. The molecule has 0 bridgehead atoms. The Kier molecular flexibility index (Phi) is 4.82. The van der Waals surface area contributed by atoms with Crippen molar-refractivity contribution in [3.8, 4) is 0 Å².